The van der Waals surface area contributed by atoms with Crippen LogP contribution in [0.1, 0.15) is 12.8 Å². The van der Waals surface area contributed by atoms with Crippen molar-refractivity contribution in [2.75, 3.05) is 24.7 Å². The van der Waals surface area contributed by atoms with E-state index in [9.17, 15) is 8.42 Å². The average Bonchev–Trinajstić information content (AvgIpc) is 2.41. The summed E-state index contributed by atoms with van der Waals surface area (Å²) in [5, 5.41) is 0. The van der Waals surface area contributed by atoms with Gasteiger partial charge in [-0.1, -0.05) is 15.9 Å². The van der Waals surface area contributed by atoms with Gasteiger partial charge in [0, 0.05) is 13.2 Å². The minimum Gasteiger partial charge on any atom is -0.381 e. The first-order valence-corrected chi connectivity index (χ1v) is 7.88. The van der Waals surface area contributed by atoms with E-state index in [2.05, 4.69) is 15.9 Å². The third-order valence-corrected chi connectivity index (χ3v) is 5.82. The van der Waals surface area contributed by atoms with Crippen LogP contribution in [0, 0.1) is 0 Å². The molecule has 0 saturated carbocycles. The number of hydrogen-bond donors (Lipinski definition) is 0. The molecule has 0 aromatic heterocycles. The molecule has 2 heterocycles. The van der Waals surface area contributed by atoms with E-state index in [4.69, 9.17) is 9.47 Å². The van der Waals surface area contributed by atoms with E-state index < -0.39 is 9.84 Å². The fourth-order valence-electron chi connectivity index (χ4n) is 1.96. The van der Waals surface area contributed by atoms with Crippen molar-refractivity contribution in [2.45, 2.75) is 29.9 Å². The molecular formula is C9H15BrO4S. The SMILES string of the molecule is O=S1(=O)CC(Br)C(OC2CCOCC2)C1. The van der Waals surface area contributed by atoms with Crippen molar-refractivity contribution in [3.63, 3.8) is 0 Å². The molecule has 4 nitrogen and oxygen atoms in total. The molecule has 0 aromatic carbocycles. The maximum atomic E-state index is 11.4. The van der Waals surface area contributed by atoms with Gasteiger partial charge < -0.3 is 9.47 Å². The Bertz CT molecular complexity index is 310. The number of rotatable bonds is 2. The van der Waals surface area contributed by atoms with Crippen molar-refractivity contribution >= 4 is 25.8 Å². The lowest BCUT2D eigenvalue weighted by molar-refractivity contribution is -0.0575. The van der Waals surface area contributed by atoms with Crippen LogP contribution in [0.2, 0.25) is 0 Å². The third kappa shape index (κ3) is 3.15. The quantitative estimate of drug-likeness (QED) is 0.706. The van der Waals surface area contributed by atoms with Crippen molar-refractivity contribution in [3.05, 3.63) is 0 Å². The molecular weight excluding hydrogens is 284 g/mol. The Kier molecular flexibility index (Phi) is 3.70. The molecule has 2 aliphatic heterocycles. The number of sulfone groups is 1. The van der Waals surface area contributed by atoms with Gasteiger partial charge in [-0.2, -0.15) is 0 Å². The molecule has 2 unspecified atom stereocenters. The standard InChI is InChI=1S/C9H15BrO4S/c10-8-5-15(11,12)6-9(8)14-7-1-3-13-4-2-7/h7-9H,1-6H2. The highest BCUT2D eigenvalue weighted by Crippen LogP contribution is 2.25. The number of halogens is 1. The summed E-state index contributed by atoms with van der Waals surface area (Å²) in [6, 6.07) is 0. The van der Waals surface area contributed by atoms with Crippen LogP contribution in [0.4, 0.5) is 0 Å². The predicted molar refractivity (Wildman–Crippen MR) is 60.1 cm³/mol. The molecule has 0 aromatic rings. The minimum atomic E-state index is -2.90. The summed E-state index contributed by atoms with van der Waals surface area (Å²) >= 11 is 3.37. The number of ether oxygens (including phenoxy) is 2. The highest BCUT2D eigenvalue weighted by molar-refractivity contribution is 9.09. The van der Waals surface area contributed by atoms with Crippen LogP contribution in [-0.4, -0.2) is 50.2 Å². The maximum absolute atomic E-state index is 11.4. The van der Waals surface area contributed by atoms with Gasteiger partial charge in [0.05, 0.1) is 28.5 Å². The number of hydrogen-bond acceptors (Lipinski definition) is 4. The lowest BCUT2D eigenvalue weighted by atomic mass is 10.1. The van der Waals surface area contributed by atoms with Gasteiger partial charge in [0.1, 0.15) is 0 Å². The van der Waals surface area contributed by atoms with E-state index in [0.717, 1.165) is 26.1 Å². The predicted octanol–water partition coefficient (Wildman–Crippen LogP) is 0.743. The van der Waals surface area contributed by atoms with Crippen LogP contribution in [0.5, 0.6) is 0 Å². The van der Waals surface area contributed by atoms with E-state index in [1.807, 2.05) is 0 Å². The second-order valence-electron chi connectivity index (χ2n) is 4.08. The molecule has 2 aliphatic rings. The zero-order valence-electron chi connectivity index (χ0n) is 8.39. The maximum Gasteiger partial charge on any atom is 0.154 e. The van der Waals surface area contributed by atoms with Crippen LogP contribution < -0.4 is 0 Å². The van der Waals surface area contributed by atoms with Gasteiger partial charge in [0.25, 0.3) is 0 Å². The smallest absolute Gasteiger partial charge is 0.154 e. The summed E-state index contributed by atoms with van der Waals surface area (Å²) in [6.45, 7) is 1.44. The van der Waals surface area contributed by atoms with E-state index in [-0.39, 0.29) is 28.5 Å². The molecule has 6 heteroatoms. The fourth-order valence-corrected chi connectivity index (χ4v) is 5.37. The zero-order valence-corrected chi connectivity index (χ0v) is 10.8. The highest BCUT2D eigenvalue weighted by Gasteiger charge is 2.38. The molecule has 15 heavy (non-hydrogen) atoms. The molecule has 2 saturated heterocycles. The van der Waals surface area contributed by atoms with Crippen molar-refractivity contribution in [1.82, 2.24) is 0 Å². The van der Waals surface area contributed by atoms with Crippen molar-refractivity contribution in [1.29, 1.82) is 0 Å². The summed E-state index contributed by atoms with van der Waals surface area (Å²) in [4.78, 5) is -0.0506. The first-order chi connectivity index (χ1) is 7.07. The largest absolute Gasteiger partial charge is 0.381 e. The lowest BCUT2D eigenvalue weighted by Gasteiger charge is -2.26. The summed E-state index contributed by atoms with van der Waals surface area (Å²) in [6.07, 6.45) is 1.72. The topological polar surface area (TPSA) is 52.6 Å². The van der Waals surface area contributed by atoms with Gasteiger partial charge in [-0.05, 0) is 12.8 Å². The molecule has 2 atom stereocenters. The average molecular weight is 299 g/mol. The van der Waals surface area contributed by atoms with E-state index in [1.165, 1.54) is 0 Å². The third-order valence-electron chi connectivity index (χ3n) is 2.77. The van der Waals surface area contributed by atoms with E-state index in [0.29, 0.717) is 0 Å². The van der Waals surface area contributed by atoms with Crippen LogP contribution in [0.15, 0.2) is 0 Å². The molecule has 0 bridgehead atoms. The molecule has 2 rings (SSSR count). The highest BCUT2D eigenvalue weighted by atomic mass is 79.9. The van der Waals surface area contributed by atoms with E-state index in [1.54, 1.807) is 0 Å². The van der Waals surface area contributed by atoms with Gasteiger partial charge in [0.2, 0.25) is 0 Å². The molecule has 0 radical (unpaired) electrons. The second kappa shape index (κ2) is 4.69. The van der Waals surface area contributed by atoms with Gasteiger partial charge in [-0.3, -0.25) is 0 Å². The minimum absolute atomic E-state index is 0.0506. The first-order valence-electron chi connectivity index (χ1n) is 5.14. The summed E-state index contributed by atoms with van der Waals surface area (Å²) in [5.41, 5.74) is 0. The Balaban J connectivity index is 1.89. The van der Waals surface area contributed by atoms with Crippen LogP contribution in [0.25, 0.3) is 0 Å². The molecule has 0 spiro atoms. The van der Waals surface area contributed by atoms with Crippen molar-refractivity contribution < 1.29 is 17.9 Å². The van der Waals surface area contributed by atoms with Crippen molar-refractivity contribution in [3.8, 4) is 0 Å². The summed E-state index contributed by atoms with van der Waals surface area (Å²) < 4.78 is 33.7. The lowest BCUT2D eigenvalue weighted by Crippen LogP contribution is -2.32. The monoisotopic (exact) mass is 298 g/mol. The number of alkyl halides is 1. The van der Waals surface area contributed by atoms with Gasteiger partial charge in [-0.15, -0.1) is 0 Å². The summed E-state index contributed by atoms with van der Waals surface area (Å²) in [7, 11) is -2.90. The van der Waals surface area contributed by atoms with Crippen molar-refractivity contribution in [2.24, 2.45) is 0 Å². The Morgan fingerprint density at radius 3 is 2.40 bits per heavy atom. The van der Waals surface area contributed by atoms with Crippen LogP contribution >= 0.6 is 15.9 Å². The Morgan fingerprint density at radius 1 is 1.20 bits per heavy atom. The first kappa shape index (κ1) is 11.8. The van der Waals surface area contributed by atoms with Crippen LogP contribution in [0.3, 0.4) is 0 Å². The fraction of sp³-hybridized carbons (Fsp3) is 1.00. The molecule has 88 valence electrons. The molecule has 2 fully saturated rings. The second-order valence-corrected chi connectivity index (χ2v) is 7.41. The zero-order chi connectivity index (χ0) is 10.9. The normalized spacial score (nSPS) is 36.9. The molecule has 0 aliphatic carbocycles. The molecule has 0 amide bonds. The van der Waals surface area contributed by atoms with Gasteiger partial charge in [0.15, 0.2) is 9.84 Å². The Labute approximate surface area is 98.4 Å². The van der Waals surface area contributed by atoms with E-state index >= 15 is 0 Å². The van der Waals surface area contributed by atoms with Gasteiger partial charge in [-0.25, -0.2) is 8.42 Å². The Morgan fingerprint density at radius 2 is 1.87 bits per heavy atom. The molecule has 0 N–H and O–H groups in total. The van der Waals surface area contributed by atoms with Crippen LogP contribution in [-0.2, 0) is 19.3 Å². The van der Waals surface area contributed by atoms with Gasteiger partial charge >= 0.3 is 0 Å². The summed E-state index contributed by atoms with van der Waals surface area (Å²) in [5.74, 6) is 0.348. The Hall–Kier alpha value is 0.350.